The van der Waals surface area contributed by atoms with Crippen molar-refractivity contribution in [3.8, 4) is 0 Å². The van der Waals surface area contributed by atoms with Gasteiger partial charge in [-0.05, 0) is 27.6 Å². The Balaban J connectivity index is 0.00000112. The minimum absolute atomic E-state index is 0. The van der Waals surface area contributed by atoms with Gasteiger partial charge >= 0.3 is 6.09 Å². The average Bonchev–Trinajstić information content (AvgIpc) is 2.57. The van der Waals surface area contributed by atoms with Crippen molar-refractivity contribution in [2.75, 3.05) is 6.61 Å². The second-order valence-electron chi connectivity index (χ2n) is 2.94. The van der Waals surface area contributed by atoms with Crippen LogP contribution in [0.15, 0.2) is 22.7 Å². The van der Waals surface area contributed by atoms with E-state index in [-0.39, 0.29) is 30.9 Å². The molecule has 1 aliphatic heterocycles. The van der Waals surface area contributed by atoms with Crippen molar-refractivity contribution >= 4 is 34.4 Å². The van der Waals surface area contributed by atoms with E-state index in [1.165, 1.54) is 6.07 Å². The van der Waals surface area contributed by atoms with Crippen molar-refractivity contribution in [2.45, 2.75) is 6.04 Å². The van der Waals surface area contributed by atoms with Crippen molar-refractivity contribution in [1.82, 2.24) is 5.32 Å². The van der Waals surface area contributed by atoms with E-state index in [9.17, 15) is 9.18 Å². The highest BCUT2D eigenvalue weighted by molar-refractivity contribution is 9.10. The highest BCUT2D eigenvalue weighted by Crippen LogP contribution is 2.28. The van der Waals surface area contributed by atoms with E-state index in [4.69, 9.17) is 4.74 Å². The quantitative estimate of drug-likeness (QED) is 0.865. The first-order valence-electron chi connectivity index (χ1n) is 4.05. The van der Waals surface area contributed by atoms with Gasteiger partial charge < -0.3 is 10.1 Å². The van der Waals surface area contributed by atoms with Crippen molar-refractivity contribution in [1.29, 1.82) is 0 Å². The summed E-state index contributed by atoms with van der Waals surface area (Å²) in [6.07, 6.45) is -0.467. The average molecular weight is 297 g/mol. The maximum Gasteiger partial charge on any atom is 0.407 e. The summed E-state index contributed by atoms with van der Waals surface area (Å²) >= 11 is 3.13. The lowest BCUT2D eigenvalue weighted by Gasteiger charge is -2.09. The van der Waals surface area contributed by atoms with Gasteiger partial charge in [0.25, 0.3) is 0 Å². The van der Waals surface area contributed by atoms with Crippen molar-refractivity contribution in [3.05, 3.63) is 34.1 Å². The lowest BCUT2D eigenvalue weighted by molar-refractivity contribution is 0.177. The van der Waals surface area contributed by atoms with E-state index in [1.54, 1.807) is 12.1 Å². The number of carbonyl (C=O) groups is 1. The lowest BCUT2D eigenvalue weighted by Crippen LogP contribution is -2.18. The third kappa shape index (κ3) is 2.41. The van der Waals surface area contributed by atoms with Crippen LogP contribution >= 0.6 is 28.3 Å². The molecule has 0 bridgehead atoms. The number of hydrogen-bond donors (Lipinski definition) is 1. The van der Waals surface area contributed by atoms with E-state index in [0.717, 1.165) is 0 Å². The Bertz CT molecular complexity index is 388. The molecule has 1 atom stereocenters. The van der Waals surface area contributed by atoms with Crippen LogP contribution in [-0.2, 0) is 4.74 Å². The first kappa shape index (κ1) is 12.3. The normalized spacial score (nSPS) is 19.1. The van der Waals surface area contributed by atoms with Crippen LogP contribution < -0.4 is 5.32 Å². The van der Waals surface area contributed by atoms with Gasteiger partial charge in [0.05, 0.1) is 10.5 Å². The monoisotopic (exact) mass is 295 g/mol. The number of carbonyl (C=O) groups excluding carboxylic acids is 1. The molecule has 0 saturated carbocycles. The van der Waals surface area contributed by atoms with E-state index >= 15 is 0 Å². The number of ether oxygens (including phenoxy) is 1. The topological polar surface area (TPSA) is 38.3 Å². The Morgan fingerprint density at radius 3 is 2.87 bits per heavy atom. The molecule has 0 unspecified atom stereocenters. The van der Waals surface area contributed by atoms with Gasteiger partial charge in [0.1, 0.15) is 12.4 Å². The molecule has 0 radical (unpaired) electrons. The largest absolute Gasteiger partial charge is 0.447 e. The SMILES string of the molecule is Cl.O=C1N[C@@H](c2cccc(F)c2Br)CO1. The van der Waals surface area contributed by atoms with Crippen LogP contribution in [0.1, 0.15) is 11.6 Å². The number of hydrogen-bond acceptors (Lipinski definition) is 2. The number of cyclic esters (lactones) is 1. The van der Waals surface area contributed by atoms with Gasteiger partial charge in [-0.1, -0.05) is 12.1 Å². The van der Waals surface area contributed by atoms with Gasteiger partial charge in [0.2, 0.25) is 0 Å². The maximum atomic E-state index is 13.1. The first-order chi connectivity index (χ1) is 6.68. The van der Waals surface area contributed by atoms with Crippen LogP contribution in [0, 0.1) is 5.82 Å². The van der Waals surface area contributed by atoms with Gasteiger partial charge in [-0.25, -0.2) is 9.18 Å². The summed E-state index contributed by atoms with van der Waals surface area (Å²) in [4.78, 5) is 10.8. The van der Waals surface area contributed by atoms with Crippen LogP contribution in [0.5, 0.6) is 0 Å². The molecule has 1 aromatic carbocycles. The summed E-state index contributed by atoms with van der Waals surface area (Å²) in [6, 6.07) is 4.42. The Morgan fingerprint density at radius 1 is 1.53 bits per heavy atom. The van der Waals surface area contributed by atoms with Crippen LogP contribution in [-0.4, -0.2) is 12.7 Å². The van der Waals surface area contributed by atoms with Crippen LogP contribution in [0.3, 0.4) is 0 Å². The number of rotatable bonds is 1. The summed E-state index contributed by atoms with van der Waals surface area (Å²) in [5.74, 6) is -0.344. The Kier molecular flexibility index (Phi) is 3.93. The molecule has 2 rings (SSSR count). The van der Waals surface area contributed by atoms with Crippen LogP contribution in [0.25, 0.3) is 0 Å². The van der Waals surface area contributed by atoms with Crippen molar-refractivity contribution < 1.29 is 13.9 Å². The first-order valence-corrected chi connectivity index (χ1v) is 4.85. The lowest BCUT2D eigenvalue weighted by atomic mass is 10.1. The molecule has 1 aliphatic rings. The van der Waals surface area contributed by atoms with Gasteiger partial charge in [0.15, 0.2) is 0 Å². The molecule has 1 N–H and O–H groups in total. The summed E-state index contributed by atoms with van der Waals surface area (Å²) < 4.78 is 18.2. The maximum absolute atomic E-state index is 13.1. The zero-order chi connectivity index (χ0) is 10.1. The molecule has 0 aromatic heterocycles. The smallest absolute Gasteiger partial charge is 0.407 e. The molecule has 1 saturated heterocycles. The zero-order valence-corrected chi connectivity index (χ0v) is 9.90. The second kappa shape index (κ2) is 4.81. The van der Waals surface area contributed by atoms with E-state index < -0.39 is 6.09 Å². The van der Waals surface area contributed by atoms with E-state index in [1.807, 2.05) is 0 Å². The van der Waals surface area contributed by atoms with Gasteiger partial charge in [-0.15, -0.1) is 12.4 Å². The van der Waals surface area contributed by atoms with Gasteiger partial charge in [-0.2, -0.15) is 0 Å². The predicted molar refractivity (Wildman–Crippen MR) is 58.6 cm³/mol. The third-order valence-corrected chi connectivity index (χ3v) is 2.87. The molecule has 1 heterocycles. The predicted octanol–water partition coefficient (Wildman–Crippen LogP) is 2.79. The molecule has 1 amide bonds. The summed E-state index contributed by atoms with van der Waals surface area (Å²) in [5, 5.41) is 2.58. The summed E-state index contributed by atoms with van der Waals surface area (Å²) in [7, 11) is 0. The molecule has 1 fully saturated rings. The Labute approximate surface area is 101 Å². The van der Waals surface area contributed by atoms with Gasteiger partial charge in [-0.3, -0.25) is 0 Å². The number of benzene rings is 1. The zero-order valence-electron chi connectivity index (χ0n) is 7.50. The minimum Gasteiger partial charge on any atom is -0.447 e. The molecule has 15 heavy (non-hydrogen) atoms. The summed E-state index contributed by atoms with van der Waals surface area (Å²) in [6.45, 7) is 0.237. The highest BCUT2D eigenvalue weighted by atomic mass is 79.9. The number of alkyl carbamates (subject to hydrolysis) is 1. The number of nitrogens with one attached hydrogen (secondary N) is 1. The van der Waals surface area contributed by atoms with Gasteiger partial charge in [0, 0.05) is 0 Å². The molecular weight excluding hydrogens is 288 g/mol. The third-order valence-electron chi connectivity index (χ3n) is 2.03. The highest BCUT2D eigenvalue weighted by Gasteiger charge is 2.26. The fourth-order valence-corrected chi connectivity index (χ4v) is 1.88. The fourth-order valence-electron chi connectivity index (χ4n) is 1.34. The van der Waals surface area contributed by atoms with Crippen molar-refractivity contribution in [3.63, 3.8) is 0 Å². The fraction of sp³-hybridized carbons (Fsp3) is 0.222. The molecular formula is C9H8BrClFNO2. The molecule has 3 nitrogen and oxygen atoms in total. The second-order valence-corrected chi connectivity index (χ2v) is 3.73. The molecule has 0 aliphatic carbocycles. The molecule has 6 heteroatoms. The molecule has 82 valence electrons. The van der Waals surface area contributed by atoms with Crippen molar-refractivity contribution in [2.24, 2.45) is 0 Å². The van der Waals surface area contributed by atoms with E-state index in [2.05, 4.69) is 21.2 Å². The minimum atomic E-state index is -0.467. The molecule has 1 aromatic rings. The number of halogens is 3. The standard InChI is InChI=1S/C9H7BrFNO2.ClH/c10-8-5(2-1-3-6(8)11)7-4-14-9(13)12-7;/h1-3,7H,4H2,(H,12,13);1H/t7-;/m1./s1. The number of amides is 1. The van der Waals surface area contributed by atoms with Crippen LogP contribution in [0.4, 0.5) is 9.18 Å². The molecule has 0 spiro atoms. The van der Waals surface area contributed by atoms with E-state index in [0.29, 0.717) is 10.0 Å². The Hall–Kier alpha value is -0.810. The Morgan fingerprint density at radius 2 is 2.27 bits per heavy atom. The summed E-state index contributed by atoms with van der Waals surface area (Å²) in [5.41, 5.74) is 0.691. The van der Waals surface area contributed by atoms with Crippen LogP contribution in [0.2, 0.25) is 0 Å².